The number of aliphatic hydroxyl groups is 2. The minimum Gasteiger partial charge on any atom is -0.368 e. The van der Waals surface area contributed by atoms with E-state index in [9.17, 15) is 0 Å². The molecule has 0 aromatic carbocycles. The van der Waals surface area contributed by atoms with E-state index in [4.69, 9.17) is 10.2 Å². The number of rotatable bonds is 21. The molecule has 0 bridgehead atoms. The van der Waals surface area contributed by atoms with Crippen LogP contribution in [-0.4, -0.2) is 16.5 Å². The van der Waals surface area contributed by atoms with Crippen molar-refractivity contribution in [3.8, 4) is 0 Å². The Morgan fingerprint density at radius 2 is 0.640 bits per heavy atom. The minimum atomic E-state index is -1.10. The predicted molar refractivity (Wildman–Crippen MR) is 111 cm³/mol. The predicted octanol–water partition coefficient (Wildman–Crippen LogP) is 7.51. The largest absolute Gasteiger partial charge is 0.368 e. The van der Waals surface area contributed by atoms with E-state index in [-0.39, 0.29) is 0 Å². The van der Waals surface area contributed by atoms with Crippen LogP contribution in [0.4, 0.5) is 0 Å². The fourth-order valence-electron chi connectivity index (χ4n) is 3.58. The van der Waals surface area contributed by atoms with Crippen LogP contribution in [-0.2, 0) is 0 Å². The molecule has 0 amide bonds. The van der Waals surface area contributed by atoms with Crippen molar-refractivity contribution >= 4 is 0 Å². The highest BCUT2D eigenvalue weighted by atomic mass is 16.5. The lowest BCUT2D eigenvalue weighted by Gasteiger charge is -2.04. The van der Waals surface area contributed by atoms with Crippen LogP contribution < -0.4 is 0 Å². The molecule has 0 aromatic rings. The van der Waals surface area contributed by atoms with Crippen LogP contribution >= 0.6 is 0 Å². The van der Waals surface area contributed by atoms with Gasteiger partial charge in [0.25, 0.3) is 0 Å². The molecule has 2 nitrogen and oxygen atoms in total. The molecule has 0 aliphatic rings. The van der Waals surface area contributed by atoms with Crippen molar-refractivity contribution in [1.82, 2.24) is 0 Å². The third-order valence-corrected chi connectivity index (χ3v) is 5.32. The topological polar surface area (TPSA) is 40.5 Å². The lowest BCUT2D eigenvalue weighted by Crippen LogP contribution is -2.02. The molecule has 0 unspecified atom stereocenters. The third kappa shape index (κ3) is 23.9. The van der Waals surface area contributed by atoms with Crippen molar-refractivity contribution in [2.45, 2.75) is 148 Å². The maximum Gasteiger partial charge on any atom is 0.151 e. The molecule has 2 heteroatoms. The Kier molecular flexibility index (Phi) is 21.9. The lowest BCUT2D eigenvalue weighted by atomic mass is 10.0. The zero-order valence-electron chi connectivity index (χ0n) is 17.3. The van der Waals surface area contributed by atoms with E-state index in [2.05, 4.69) is 6.92 Å². The van der Waals surface area contributed by atoms with Crippen LogP contribution in [0.2, 0.25) is 0 Å². The second-order valence-corrected chi connectivity index (χ2v) is 7.99. The molecule has 0 heterocycles. The first kappa shape index (κ1) is 24.9. The standard InChI is InChI=1S/C23H48O2/c1-2-3-4-5-6-7-8-9-10-11-12-13-14-15-16-17-18-19-20-21-22-23(24)25/h23-25H,2-22H2,1H3. The summed E-state index contributed by atoms with van der Waals surface area (Å²) in [5.74, 6) is 0. The first-order valence-corrected chi connectivity index (χ1v) is 11.6. The van der Waals surface area contributed by atoms with E-state index < -0.39 is 6.29 Å². The molecule has 0 saturated heterocycles. The summed E-state index contributed by atoms with van der Waals surface area (Å²) < 4.78 is 0. The summed E-state index contributed by atoms with van der Waals surface area (Å²) in [7, 11) is 0. The highest BCUT2D eigenvalue weighted by Gasteiger charge is 1.97. The Balaban J connectivity index is 2.96. The molecule has 0 radical (unpaired) electrons. The van der Waals surface area contributed by atoms with Crippen LogP contribution in [0, 0.1) is 0 Å². The Morgan fingerprint density at radius 3 is 0.880 bits per heavy atom. The maximum absolute atomic E-state index is 8.76. The van der Waals surface area contributed by atoms with Gasteiger partial charge in [0.1, 0.15) is 0 Å². The summed E-state index contributed by atoms with van der Waals surface area (Å²) in [5.41, 5.74) is 0. The average molecular weight is 357 g/mol. The van der Waals surface area contributed by atoms with Crippen molar-refractivity contribution in [2.75, 3.05) is 0 Å². The summed E-state index contributed by atoms with van der Waals surface area (Å²) in [5, 5.41) is 17.5. The molecule has 0 fully saturated rings. The molecule has 0 aliphatic heterocycles. The Bertz CT molecular complexity index is 228. The Morgan fingerprint density at radius 1 is 0.400 bits per heavy atom. The Labute approximate surface area is 158 Å². The summed E-state index contributed by atoms with van der Waals surface area (Å²) in [6, 6.07) is 0. The van der Waals surface area contributed by atoms with Gasteiger partial charge in [-0.05, 0) is 12.8 Å². The number of aliphatic hydroxyl groups excluding tert-OH is 1. The minimum absolute atomic E-state index is 0.541. The molecule has 0 atom stereocenters. The van der Waals surface area contributed by atoms with Crippen molar-refractivity contribution in [3.63, 3.8) is 0 Å². The van der Waals surface area contributed by atoms with Crippen molar-refractivity contribution < 1.29 is 10.2 Å². The fourth-order valence-corrected chi connectivity index (χ4v) is 3.58. The molecular weight excluding hydrogens is 308 g/mol. The monoisotopic (exact) mass is 356 g/mol. The normalized spacial score (nSPS) is 11.5. The molecule has 0 rings (SSSR count). The molecule has 152 valence electrons. The van der Waals surface area contributed by atoms with Gasteiger partial charge >= 0.3 is 0 Å². The first-order chi connectivity index (χ1) is 12.3. The van der Waals surface area contributed by atoms with Gasteiger partial charge in [0.15, 0.2) is 6.29 Å². The van der Waals surface area contributed by atoms with Gasteiger partial charge in [0, 0.05) is 0 Å². The van der Waals surface area contributed by atoms with Crippen LogP contribution in [0.1, 0.15) is 142 Å². The number of unbranched alkanes of at least 4 members (excludes halogenated alkanes) is 19. The molecule has 0 aliphatic carbocycles. The van der Waals surface area contributed by atoms with Crippen LogP contribution in [0.15, 0.2) is 0 Å². The van der Waals surface area contributed by atoms with E-state index in [1.165, 1.54) is 116 Å². The maximum atomic E-state index is 8.76. The Hall–Kier alpha value is -0.0800. The first-order valence-electron chi connectivity index (χ1n) is 11.6. The van der Waals surface area contributed by atoms with Gasteiger partial charge in [0.05, 0.1) is 0 Å². The molecule has 25 heavy (non-hydrogen) atoms. The third-order valence-electron chi connectivity index (χ3n) is 5.32. The van der Waals surface area contributed by atoms with Gasteiger partial charge in [-0.1, -0.05) is 129 Å². The van der Waals surface area contributed by atoms with Gasteiger partial charge in [-0.2, -0.15) is 0 Å². The van der Waals surface area contributed by atoms with Gasteiger partial charge in [-0.3, -0.25) is 0 Å². The van der Waals surface area contributed by atoms with E-state index in [0.29, 0.717) is 6.42 Å². The summed E-state index contributed by atoms with van der Waals surface area (Å²) in [6.45, 7) is 2.29. The number of hydrogen-bond donors (Lipinski definition) is 2. The van der Waals surface area contributed by atoms with Gasteiger partial charge in [0.2, 0.25) is 0 Å². The molecule has 0 spiro atoms. The lowest BCUT2D eigenvalue weighted by molar-refractivity contribution is -0.0466. The molecule has 0 saturated carbocycles. The summed E-state index contributed by atoms with van der Waals surface area (Å²) >= 11 is 0. The fraction of sp³-hybridized carbons (Fsp3) is 1.00. The van der Waals surface area contributed by atoms with Gasteiger partial charge < -0.3 is 10.2 Å². The molecule has 0 aromatic heterocycles. The van der Waals surface area contributed by atoms with Crippen molar-refractivity contribution in [3.05, 3.63) is 0 Å². The molecule has 2 N–H and O–H groups in total. The van der Waals surface area contributed by atoms with Gasteiger partial charge in [-0.25, -0.2) is 0 Å². The van der Waals surface area contributed by atoms with E-state index in [1.807, 2.05) is 0 Å². The smallest absolute Gasteiger partial charge is 0.151 e. The quantitative estimate of drug-likeness (QED) is 0.165. The average Bonchev–Trinajstić information content (AvgIpc) is 2.60. The van der Waals surface area contributed by atoms with Crippen LogP contribution in [0.5, 0.6) is 0 Å². The van der Waals surface area contributed by atoms with Crippen molar-refractivity contribution in [1.29, 1.82) is 0 Å². The summed E-state index contributed by atoms with van der Waals surface area (Å²) in [4.78, 5) is 0. The van der Waals surface area contributed by atoms with Crippen LogP contribution in [0.25, 0.3) is 0 Å². The second kappa shape index (κ2) is 22.0. The van der Waals surface area contributed by atoms with Crippen LogP contribution in [0.3, 0.4) is 0 Å². The number of hydrogen-bond acceptors (Lipinski definition) is 2. The van der Waals surface area contributed by atoms with E-state index in [0.717, 1.165) is 12.8 Å². The SMILES string of the molecule is CCCCCCCCCCCCCCCCCCCCCCC(O)O. The van der Waals surface area contributed by atoms with Gasteiger partial charge in [-0.15, -0.1) is 0 Å². The second-order valence-electron chi connectivity index (χ2n) is 7.99. The van der Waals surface area contributed by atoms with Crippen molar-refractivity contribution in [2.24, 2.45) is 0 Å². The summed E-state index contributed by atoms with van der Waals surface area (Å²) in [6.07, 6.45) is 27.0. The zero-order chi connectivity index (χ0) is 18.4. The zero-order valence-corrected chi connectivity index (χ0v) is 17.3. The van der Waals surface area contributed by atoms with E-state index >= 15 is 0 Å². The highest BCUT2D eigenvalue weighted by molar-refractivity contribution is 4.51. The molecular formula is C23H48O2. The van der Waals surface area contributed by atoms with E-state index in [1.54, 1.807) is 0 Å². The highest BCUT2D eigenvalue weighted by Crippen LogP contribution is 2.15.